The first-order valence-corrected chi connectivity index (χ1v) is 8.93. The molecule has 0 saturated heterocycles. The lowest BCUT2D eigenvalue weighted by Crippen LogP contribution is -2.29. The summed E-state index contributed by atoms with van der Waals surface area (Å²) in [5.41, 5.74) is 6.52. The number of aromatic nitrogens is 1. The van der Waals surface area contributed by atoms with Crippen molar-refractivity contribution in [1.29, 1.82) is 0 Å². The summed E-state index contributed by atoms with van der Waals surface area (Å²) in [6.45, 7) is 7.50. The van der Waals surface area contributed by atoms with E-state index in [0.29, 0.717) is 12.2 Å². The first-order valence-electron chi connectivity index (χ1n) is 8.93. The minimum absolute atomic E-state index is 0.365. The molecule has 1 aromatic heterocycles. The van der Waals surface area contributed by atoms with Crippen molar-refractivity contribution < 1.29 is 9.18 Å². The molecule has 0 radical (unpaired) electrons. The summed E-state index contributed by atoms with van der Waals surface area (Å²) in [7, 11) is 0. The molecular formula is C22H24FN3O. The zero-order valence-electron chi connectivity index (χ0n) is 15.8. The Balaban J connectivity index is 1.65. The lowest BCUT2D eigenvalue weighted by atomic mass is 10.00. The molecule has 0 saturated carbocycles. The summed E-state index contributed by atoms with van der Waals surface area (Å²) in [5, 5.41) is 5.46. The molecule has 140 valence electrons. The topological polar surface area (TPSA) is 46.1 Å². The van der Waals surface area contributed by atoms with Crippen LogP contribution >= 0.6 is 0 Å². The van der Waals surface area contributed by atoms with Crippen LogP contribution in [0.1, 0.15) is 27.9 Å². The minimum Gasteiger partial charge on any atom is -0.345 e. The Bertz CT molecular complexity index is 939. The van der Waals surface area contributed by atoms with Crippen LogP contribution in [0.4, 0.5) is 14.9 Å². The molecule has 0 unspecified atom stereocenters. The number of amides is 2. The molecule has 2 amide bonds. The van der Waals surface area contributed by atoms with Crippen molar-refractivity contribution in [2.24, 2.45) is 0 Å². The van der Waals surface area contributed by atoms with Gasteiger partial charge in [-0.2, -0.15) is 0 Å². The molecule has 0 aliphatic heterocycles. The summed E-state index contributed by atoms with van der Waals surface area (Å²) in [4.78, 5) is 12.1. The fraction of sp³-hybridized carbons (Fsp3) is 0.227. The number of rotatable bonds is 5. The fourth-order valence-electron chi connectivity index (χ4n) is 3.31. The number of nitrogens with zero attached hydrogens (tertiary/aromatic N) is 1. The molecule has 3 aromatic rings. The molecule has 4 nitrogen and oxygen atoms in total. The Morgan fingerprint density at radius 1 is 1.04 bits per heavy atom. The molecule has 27 heavy (non-hydrogen) atoms. The third-order valence-corrected chi connectivity index (χ3v) is 4.60. The normalized spacial score (nSPS) is 10.7. The number of urea groups is 1. The van der Waals surface area contributed by atoms with E-state index in [0.717, 1.165) is 12.2 Å². The van der Waals surface area contributed by atoms with Gasteiger partial charge in [0.25, 0.3) is 0 Å². The van der Waals surface area contributed by atoms with Gasteiger partial charge in [0.15, 0.2) is 0 Å². The first kappa shape index (κ1) is 18.7. The van der Waals surface area contributed by atoms with Crippen LogP contribution in [0.2, 0.25) is 0 Å². The lowest BCUT2D eigenvalue weighted by molar-refractivity contribution is 0.251. The van der Waals surface area contributed by atoms with E-state index in [-0.39, 0.29) is 11.8 Å². The Morgan fingerprint density at radius 2 is 1.78 bits per heavy atom. The van der Waals surface area contributed by atoms with Crippen LogP contribution in [0.15, 0.2) is 54.7 Å². The van der Waals surface area contributed by atoms with Gasteiger partial charge >= 0.3 is 6.03 Å². The zero-order chi connectivity index (χ0) is 19.4. The molecule has 0 spiro atoms. The quantitative estimate of drug-likeness (QED) is 0.662. The van der Waals surface area contributed by atoms with Crippen LogP contribution in [-0.2, 0) is 13.1 Å². The Kier molecular flexibility index (Phi) is 5.60. The average molecular weight is 365 g/mol. The van der Waals surface area contributed by atoms with E-state index in [1.165, 1.54) is 34.4 Å². The summed E-state index contributed by atoms with van der Waals surface area (Å²) < 4.78 is 15.3. The Morgan fingerprint density at radius 3 is 2.48 bits per heavy atom. The number of anilines is 1. The predicted molar refractivity (Wildman–Crippen MR) is 106 cm³/mol. The SMILES string of the molecule is Cc1cc(C)c(Cn2cccc2CNC(=O)Nc2cccc(F)c2)c(C)c1. The molecule has 2 aromatic carbocycles. The highest BCUT2D eigenvalue weighted by Gasteiger charge is 2.09. The van der Waals surface area contributed by atoms with Gasteiger partial charge in [-0.3, -0.25) is 0 Å². The predicted octanol–water partition coefficient (Wildman–Crippen LogP) is 4.92. The van der Waals surface area contributed by atoms with Gasteiger partial charge in [-0.15, -0.1) is 0 Å². The second-order valence-electron chi connectivity index (χ2n) is 6.82. The van der Waals surface area contributed by atoms with Crippen molar-refractivity contribution in [3.63, 3.8) is 0 Å². The summed E-state index contributed by atoms with van der Waals surface area (Å²) in [6, 6.07) is 13.8. The van der Waals surface area contributed by atoms with Gasteiger partial charge < -0.3 is 15.2 Å². The third-order valence-electron chi connectivity index (χ3n) is 4.60. The van der Waals surface area contributed by atoms with Crippen molar-refractivity contribution in [1.82, 2.24) is 9.88 Å². The van der Waals surface area contributed by atoms with Gasteiger partial charge in [-0.1, -0.05) is 23.8 Å². The van der Waals surface area contributed by atoms with Crippen LogP contribution < -0.4 is 10.6 Å². The van der Waals surface area contributed by atoms with Gasteiger partial charge in [0.2, 0.25) is 0 Å². The van der Waals surface area contributed by atoms with Crippen LogP contribution in [-0.4, -0.2) is 10.6 Å². The number of hydrogen-bond acceptors (Lipinski definition) is 1. The van der Waals surface area contributed by atoms with E-state index in [1.54, 1.807) is 12.1 Å². The van der Waals surface area contributed by atoms with Crippen LogP contribution in [0.25, 0.3) is 0 Å². The maximum Gasteiger partial charge on any atom is 0.319 e. The fourth-order valence-corrected chi connectivity index (χ4v) is 3.31. The van der Waals surface area contributed by atoms with Gasteiger partial charge in [0, 0.05) is 24.1 Å². The van der Waals surface area contributed by atoms with Gasteiger partial charge in [-0.25, -0.2) is 9.18 Å². The maximum atomic E-state index is 13.2. The van der Waals surface area contributed by atoms with E-state index < -0.39 is 0 Å². The highest BCUT2D eigenvalue weighted by molar-refractivity contribution is 5.89. The Hall–Kier alpha value is -3.08. The van der Waals surface area contributed by atoms with Gasteiger partial charge in [0.1, 0.15) is 5.82 Å². The molecular weight excluding hydrogens is 341 g/mol. The van der Waals surface area contributed by atoms with E-state index in [1.807, 2.05) is 18.3 Å². The van der Waals surface area contributed by atoms with Crippen LogP contribution in [0.3, 0.4) is 0 Å². The number of carbonyl (C=O) groups is 1. The van der Waals surface area contributed by atoms with Crippen molar-refractivity contribution in [2.45, 2.75) is 33.9 Å². The number of aryl methyl sites for hydroxylation is 3. The average Bonchev–Trinajstić information content (AvgIpc) is 3.03. The lowest BCUT2D eigenvalue weighted by Gasteiger charge is -2.15. The van der Waals surface area contributed by atoms with Crippen molar-refractivity contribution in [2.75, 3.05) is 5.32 Å². The second kappa shape index (κ2) is 8.08. The molecule has 5 heteroatoms. The summed E-state index contributed by atoms with van der Waals surface area (Å²) >= 11 is 0. The molecule has 1 heterocycles. The third kappa shape index (κ3) is 4.76. The number of hydrogen-bond donors (Lipinski definition) is 2. The van der Waals surface area contributed by atoms with Crippen molar-refractivity contribution in [3.05, 3.63) is 88.5 Å². The van der Waals surface area contributed by atoms with Crippen molar-refractivity contribution >= 4 is 11.7 Å². The van der Waals surface area contributed by atoms with Gasteiger partial charge in [-0.05, 0) is 67.8 Å². The molecule has 0 atom stereocenters. The van der Waals surface area contributed by atoms with Crippen molar-refractivity contribution in [3.8, 4) is 0 Å². The number of halogens is 1. The Labute approximate surface area is 159 Å². The van der Waals surface area contributed by atoms with E-state index in [4.69, 9.17) is 0 Å². The highest BCUT2D eigenvalue weighted by Crippen LogP contribution is 2.19. The molecule has 3 rings (SSSR count). The molecule has 0 aliphatic rings. The molecule has 0 fully saturated rings. The van der Waals surface area contributed by atoms with E-state index in [2.05, 4.69) is 48.1 Å². The summed E-state index contributed by atoms with van der Waals surface area (Å²) in [5.74, 6) is -0.384. The van der Waals surface area contributed by atoms with Crippen LogP contribution in [0.5, 0.6) is 0 Å². The zero-order valence-corrected chi connectivity index (χ0v) is 15.8. The highest BCUT2D eigenvalue weighted by atomic mass is 19.1. The smallest absolute Gasteiger partial charge is 0.319 e. The monoisotopic (exact) mass is 365 g/mol. The second-order valence-corrected chi connectivity index (χ2v) is 6.82. The number of carbonyl (C=O) groups excluding carboxylic acids is 1. The largest absolute Gasteiger partial charge is 0.345 e. The minimum atomic E-state index is -0.384. The molecule has 0 aliphatic carbocycles. The number of benzene rings is 2. The van der Waals surface area contributed by atoms with Crippen LogP contribution in [0, 0.1) is 26.6 Å². The van der Waals surface area contributed by atoms with E-state index >= 15 is 0 Å². The first-order chi connectivity index (χ1) is 12.9. The molecule has 0 bridgehead atoms. The standard InChI is InChI=1S/C22H24FN3O/c1-15-10-16(2)21(17(3)11-15)14-26-9-5-8-20(26)13-24-22(27)25-19-7-4-6-18(23)12-19/h4-12H,13-14H2,1-3H3,(H2,24,25,27). The maximum absolute atomic E-state index is 13.2. The summed E-state index contributed by atoms with van der Waals surface area (Å²) in [6.07, 6.45) is 2.01. The van der Waals surface area contributed by atoms with E-state index in [9.17, 15) is 9.18 Å². The number of nitrogens with one attached hydrogen (secondary N) is 2. The molecule has 2 N–H and O–H groups in total. The van der Waals surface area contributed by atoms with Gasteiger partial charge in [0.05, 0.1) is 6.54 Å².